The number of likely N-dealkylation sites (tertiary alicyclic amines) is 1. The van der Waals surface area contributed by atoms with Crippen LogP contribution in [0.3, 0.4) is 0 Å². The van der Waals surface area contributed by atoms with E-state index < -0.39 is 34.9 Å². The molecule has 0 saturated carbocycles. The van der Waals surface area contributed by atoms with E-state index in [1.165, 1.54) is 0 Å². The third kappa shape index (κ3) is 6.92. The normalized spacial score (nSPS) is 16.2. The maximum atomic E-state index is 14.0. The lowest BCUT2D eigenvalue weighted by atomic mass is 9.71. The molecule has 10 heteroatoms. The quantitative estimate of drug-likeness (QED) is 0.263. The van der Waals surface area contributed by atoms with Crippen molar-refractivity contribution in [1.82, 2.24) is 9.88 Å². The van der Waals surface area contributed by atoms with Gasteiger partial charge in [0.05, 0.1) is 31.8 Å². The summed E-state index contributed by atoms with van der Waals surface area (Å²) in [6.45, 7) is 1.54. The van der Waals surface area contributed by atoms with E-state index in [2.05, 4.69) is 9.88 Å². The summed E-state index contributed by atoms with van der Waals surface area (Å²) in [7, 11) is 1.54. The highest BCUT2D eigenvalue weighted by atomic mass is 19.2. The topological polar surface area (TPSA) is 103 Å². The number of hydrogen-bond donors (Lipinski definition) is 3. The number of pyridine rings is 1. The highest BCUT2D eigenvalue weighted by Crippen LogP contribution is 2.42. The van der Waals surface area contributed by atoms with Crippen LogP contribution in [0.15, 0.2) is 36.5 Å². The van der Waals surface area contributed by atoms with Crippen LogP contribution in [0.5, 0.6) is 5.75 Å². The number of hydrogen-bond acceptors (Lipinski definition) is 6. The predicted octanol–water partition coefficient (Wildman–Crippen LogP) is 5.16. The second kappa shape index (κ2) is 13.0. The van der Waals surface area contributed by atoms with Crippen LogP contribution in [0.25, 0.3) is 10.9 Å². The number of aliphatic carboxylic acids is 1. The zero-order chi connectivity index (χ0) is 28.9. The van der Waals surface area contributed by atoms with Gasteiger partial charge in [-0.1, -0.05) is 0 Å². The SMILES string of the molecule is COc1ccc2ncc(CO)c(C(O)CCC3(CC(=O)O)CCN(CCCc4cc(F)cc(F)c4F)CC3)c2c1. The average molecular weight is 561 g/mol. The number of halogens is 3. The Hall–Kier alpha value is -3.21. The molecule has 0 bridgehead atoms. The number of rotatable bonds is 12. The molecule has 3 N–H and O–H groups in total. The first kappa shape index (κ1) is 29.8. The van der Waals surface area contributed by atoms with Crippen LogP contribution in [0, 0.1) is 22.9 Å². The summed E-state index contributed by atoms with van der Waals surface area (Å²) < 4.78 is 46.2. The standard InChI is InChI=1S/C30H35F3N2O5/c1-40-22-4-5-25-23(15-22)28(20(18-36)17-34-25)26(37)6-7-30(16-27(38)39)8-11-35(12-9-30)10-2-3-19-13-21(31)14-24(32)29(19)33/h4-5,13-15,17,26,36-37H,2-3,6-12,16,18H2,1H3,(H,38,39). The van der Waals surface area contributed by atoms with Crippen molar-refractivity contribution in [1.29, 1.82) is 0 Å². The molecule has 216 valence electrons. The summed E-state index contributed by atoms with van der Waals surface area (Å²) in [5.41, 5.74) is 1.22. The van der Waals surface area contributed by atoms with Crippen molar-refractivity contribution in [3.63, 3.8) is 0 Å². The molecule has 40 heavy (non-hydrogen) atoms. The predicted molar refractivity (Wildman–Crippen MR) is 143 cm³/mol. The van der Waals surface area contributed by atoms with Gasteiger partial charge in [-0.15, -0.1) is 0 Å². The van der Waals surface area contributed by atoms with E-state index in [1.54, 1.807) is 31.5 Å². The number of fused-ring (bicyclic) bond motifs is 1. The number of carboxylic acids is 1. The molecular formula is C30H35F3N2O5. The molecule has 1 fully saturated rings. The van der Waals surface area contributed by atoms with Crippen molar-refractivity contribution in [2.75, 3.05) is 26.7 Å². The number of benzene rings is 2. The van der Waals surface area contributed by atoms with E-state index >= 15 is 0 Å². The number of ether oxygens (including phenoxy) is 1. The monoisotopic (exact) mass is 560 g/mol. The lowest BCUT2D eigenvalue weighted by Crippen LogP contribution is -2.41. The second-order valence-electron chi connectivity index (χ2n) is 10.7. The molecule has 0 radical (unpaired) electrons. The van der Waals surface area contributed by atoms with Crippen LogP contribution < -0.4 is 4.74 Å². The molecule has 0 amide bonds. The van der Waals surface area contributed by atoms with Gasteiger partial charge in [-0.25, -0.2) is 13.2 Å². The first-order valence-corrected chi connectivity index (χ1v) is 13.5. The Morgan fingerprint density at radius 1 is 1.15 bits per heavy atom. The van der Waals surface area contributed by atoms with E-state index in [0.717, 1.165) is 6.07 Å². The van der Waals surface area contributed by atoms with Crippen LogP contribution in [-0.4, -0.2) is 57.9 Å². The van der Waals surface area contributed by atoms with E-state index in [0.29, 0.717) is 85.6 Å². The highest BCUT2D eigenvalue weighted by molar-refractivity contribution is 5.85. The summed E-state index contributed by atoms with van der Waals surface area (Å²) in [5, 5.41) is 31.6. The fraction of sp³-hybridized carbons (Fsp3) is 0.467. The maximum Gasteiger partial charge on any atom is 0.303 e. The fourth-order valence-electron chi connectivity index (χ4n) is 5.84. The minimum Gasteiger partial charge on any atom is -0.497 e. The van der Waals surface area contributed by atoms with Gasteiger partial charge in [-0.05, 0) is 99.0 Å². The summed E-state index contributed by atoms with van der Waals surface area (Å²) in [6.07, 6.45) is 3.27. The van der Waals surface area contributed by atoms with Gasteiger partial charge in [0.15, 0.2) is 11.6 Å². The van der Waals surface area contributed by atoms with Gasteiger partial charge in [0.2, 0.25) is 0 Å². The molecular weight excluding hydrogens is 525 g/mol. The van der Waals surface area contributed by atoms with Crippen molar-refractivity contribution >= 4 is 16.9 Å². The molecule has 4 rings (SSSR count). The summed E-state index contributed by atoms with van der Waals surface area (Å²) in [5.74, 6) is -3.33. The fourth-order valence-corrected chi connectivity index (χ4v) is 5.84. The Bertz CT molecular complexity index is 1340. The molecule has 1 aliphatic heterocycles. The van der Waals surface area contributed by atoms with Crippen molar-refractivity contribution < 1.29 is 38.0 Å². The molecule has 1 atom stereocenters. The Labute approximate surface area is 231 Å². The Kier molecular flexibility index (Phi) is 9.65. The number of methoxy groups -OCH3 is 1. The Morgan fingerprint density at radius 2 is 1.90 bits per heavy atom. The lowest BCUT2D eigenvalue weighted by Gasteiger charge is -2.41. The lowest BCUT2D eigenvalue weighted by molar-refractivity contribution is -0.141. The summed E-state index contributed by atoms with van der Waals surface area (Å²) >= 11 is 0. The molecule has 1 unspecified atom stereocenters. The van der Waals surface area contributed by atoms with Gasteiger partial charge < -0.3 is 25.0 Å². The number of aliphatic hydroxyl groups excluding tert-OH is 2. The number of nitrogens with zero attached hydrogens (tertiary/aromatic N) is 2. The summed E-state index contributed by atoms with van der Waals surface area (Å²) in [4.78, 5) is 18.3. The molecule has 1 aromatic heterocycles. The minimum atomic E-state index is -1.20. The van der Waals surface area contributed by atoms with E-state index in [1.807, 2.05) is 0 Å². The van der Waals surface area contributed by atoms with Crippen LogP contribution in [0.1, 0.15) is 61.3 Å². The molecule has 2 heterocycles. The average Bonchev–Trinajstić information content (AvgIpc) is 2.94. The molecule has 0 aliphatic carbocycles. The smallest absolute Gasteiger partial charge is 0.303 e. The van der Waals surface area contributed by atoms with Crippen molar-refractivity contribution in [3.8, 4) is 5.75 Å². The van der Waals surface area contributed by atoms with Crippen molar-refractivity contribution in [2.24, 2.45) is 5.41 Å². The number of aliphatic hydroxyl groups is 2. The van der Waals surface area contributed by atoms with Crippen molar-refractivity contribution in [3.05, 3.63) is 70.7 Å². The number of carboxylic acid groups (broad SMARTS) is 1. The molecule has 1 saturated heterocycles. The van der Waals surface area contributed by atoms with E-state index in [-0.39, 0.29) is 25.0 Å². The number of aromatic nitrogens is 1. The minimum absolute atomic E-state index is 0.00669. The third-order valence-corrected chi connectivity index (χ3v) is 8.08. The van der Waals surface area contributed by atoms with Gasteiger partial charge in [0.1, 0.15) is 11.6 Å². The van der Waals surface area contributed by atoms with Crippen molar-refractivity contribution in [2.45, 2.75) is 57.7 Å². The van der Waals surface area contributed by atoms with Crippen LogP contribution in [0.4, 0.5) is 13.2 Å². The molecule has 1 aliphatic rings. The summed E-state index contributed by atoms with van der Waals surface area (Å²) in [6, 6.07) is 6.87. The van der Waals surface area contributed by atoms with Crippen LogP contribution in [-0.2, 0) is 17.8 Å². The highest BCUT2D eigenvalue weighted by Gasteiger charge is 2.37. The first-order valence-electron chi connectivity index (χ1n) is 13.5. The van der Waals surface area contributed by atoms with E-state index in [9.17, 15) is 33.3 Å². The second-order valence-corrected chi connectivity index (χ2v) is 10.7. The van der Waals surface area contributed by atoms with Gasteiger partial charge in [-0.3, -0.25) is 9.78 Å². The molecule has 3 aromatic rings. The molecule has 0 spiro atoms. The molecule has 2 aromatic carbocycles. The van der Waals surface area contributed by atoms with E-state index in [4.69, 9.17) is 4.74 Å². The van der Waals surface area contributed by atoms with Crippen LogP contribution in [0.2, 0.25) is 0 Å². The van der Waals surface area contributed by atoms with Crippen LogP contribution >= 0.6 is 0 Å². The van der Waals surface area contributed by atoms with Gasteiger partial charge in [0.25, 0.3) is 0 Å². The molecule has 7 nitrogen and oxygen atoms in total. The van der Waals surface area contributed by atoms with Gasteiger partial charge in [0, 0.05) is 23.2 Å². The number of carbonyl (C=O) groups is 1. The largest absolute Gasteiger partial charge is 0.497 e. The maximum absolute atomic E-state index is 14.0. The first-order chi connectivity index (χ1) is 19.1. The third-order valence-electron chi connectivity index (χ3n) is 8.08. The number of piperidine rings is 1. The zero-order valence-corrected chi connectivity index (χ0v) is 22.5. The number of aryl methyl sites for hydroxylation is 1. The van der Waals surface area contributed by atoms with Gasteiger partial charge >= 0.3 is 5.97 Å². The van der Waals surface area contributed by atoms with Gasteiger partial charge in [-0.2, -0.15) is 0 Å². The Balaban J connectivity index is 1.41. The Morgan fingerprint density at radius 3 is 2.58 bits per heavy atom. The zero-order valence-electron chi connectivity index (χ0n) is 22.5.